The molecule has 8 nitrogen and oxygen atoms in total. The Morgan fingerprint density at radius 1 is 0.923 bits per heavy atom. The second-order valence-electron chi connectivity index (χ2n) is 10.2. The number of pyridine rings is 2. The molecule has 1 N–H and O–H groups in total. The van der Waals surface area contributed by atoms with Gasteiger partial charge < -0.3 is 15.0 Å². The van der Waals surface area contributed by atoms with E-state index in [-0.39, 0.29) is 0 Å². The van der Waals surface area contributed by atoms with Crippen LogP contribution in [0.2, 0.25) is 5.02 Å². The van der Waals surface area contributed by atoms with E-state index in [4.69, 9.17) is 31.4 Å². The quantitative estimate of drug-likeness (QED) is 0.298. The molecule has 8 rings (SSSR count). The summed E-state index contributed by atoms with van der Waals surface area (Å²) in [6.45, 7) is 3.55. The Hall–Kier alpha value is -4.01. The summed E-state index contributed by atoms with van der Waals surface area (Å²) in [5, 5.41) is 9.29. The number of anilines is 1. The smallest absolute Gasteiger partial charge is 0.164 e. The molecule has 7 heterocycles. The van der Waals surface area contributed by atoms with Crippen molar-refractivity contribution in [1.29, 1.82) is 0 Å². The summed E-state index contributed by atoms with van der Waals surface area (Å²) >= 11 is 6.35. The highest BCUT2D eigenvalue weighted by Gasteiger charge is 2.34. The molecule has 3 saturated heterocycles. The first-order valence-electron chi connectivity index (χ1n) is 13.3. The van der Waals surface area contributed by atoms with Crippen LogP contribution in [0.4, 0.5) is 5.82 Å². The van der Waals surface area contributed by atoms with Crippen LogP contribution < -0.4 is 10.1 Å². The van der Waals surface area contributed by atoms with Crippen molar-refractivity contribution in [2.75, 3.05) is 32.1 Å². The van der Waals surface area contributed by atoms with Gasteiger partial charge in [-0.25, -0.2) is 14.5 Å². The summed E-state index contributed by atoms with van der Waals surface area (Å²) in [6, 6.07) is 16.2. The third-order valence-electron chi connectivity index (χ3n) is 7.96. The highest BCUT2D eigenvalue weighted by Crippen LogP contribution is 2.39. The molecule has 2 bridgehead atoms. The number of hydrogen-bond donors (Lipinski definition) is 1. The topological polar surface area (TPSA) is 80.5 Å². The summed E-state index contributed by atoms with van der Waals surface area (Å²) in [5.74, 6) is 2.24. The molecule has 0 aliphatic carbocycles. The van der Waals surface area contributed by atoms with Crippen molar-refractivity contribution in [2.45, 2.75) is 18.9 Å². The lowest BCUT2D eigenvalue weighted by atomic mass is 9.84. The zero-order valence-corrected chi connectivity index (χ0v) is 22.3. The van der Waals surface area contributed by atoms with E-state index in [0.29, 0.717) is 16.8 Å². The maximum Gasteiger partial charge on any atom is 0.164 e. The average molecular weight is 538 g/mol. The fraction of sp³-hybridized carbons (Fsp3) is 0.267. The standard InChI is InChI=1S/C30H28ClN7O/c1-39-26-16-21(2-4-23(26)31)28-29(20-6-11-32-12-7-20)36-38-25(8-13-33-30(28)38)22-3-5-27(34-17-22)35-24-18-37-14-9-19(24)10-15-37/h2-8,11-13,16-17,19,24H,9-10,14-15,18H2,1H3,(H,34,35)/t24-/m0/s1. The lowest BCUT2D eigenvalue weighted by molar-refractivity contribution is 0.0974. The van der Waals surface area contributed by atoms with Gasteiger partial charge in [-0.15, -0.1) is 0 Å². The number of piperidine rings is 3. The van der Waals surface area contributed by atoms with E-state index < -0.39 is 0 Å². The third-order valence-corrected chi connectivity index (χ3v) is 8.27. The van der Waals surface area contributed by atoms with Crippen LogP contribution in [0, 0.1) is 5.92 Å². The van der Waals surface area contributed by atoms with Gasteiger partial charge in [0.2, 0.25) is 0 Å². The Kier molecular flexibility index (Phi) is 6.14. The first-order valence-corrected chi connectivity index (χ1v) is 13.6. The monoisotopic (exact) mass is 537 g/mol. The number of nitrogens with zero attached hydrogens (tertiary/aromatic N) is 6. The minimum Gasteiger partial charge on any atom is -0.495 e. The highest BCUT2D eigenvalue weighted by molar-refractivity contribution is 6.32. The van der Waals surface area contributed by atoms with E-state index in [1.165, 1.54) is 25.9 Å². The molecule has 39 heavy (non-hydrogen) atoms. The number of nitrogens with one attached hydrogen (secondary N) is 1. The molecule has 0 radical (unpaired) electrons. The minimum atomic E-state index is 0.464. The maximum absolute atomic E-state index is 6.35. The average Bonchev–Trinajstić information content (AvgIpc) is 3.39. The Labute approximate surface area is 231 Å². The van der Waals surface area contributed by atoms with Gasteiger partial charge in [0.05, 0.1) is 23.4 Å². The molecule has 0 amide bonds. The van der Waals surface area contributed by atoms with Crippen LogP contribution in [0.15, 0.2) is 73.3 Å². The van der Waals surface area contributed by atoms with Crippen LogP contribution >= 0.6 is 11.6 Å². The number of halogens is 1. The van der Waals surface area contributed by atoms with Gasteiger partial charge in [0.1, 0.15) is 17.3 Å². The van der Waals surface area contributed by atoms with E-state index in [0.717, 1.165) is 57.6 Å². The molecule has 3 aliphatic heterocycles. The second-order valence-corrected chi connectivity index (χ2v) is 10.6. The molecule has 1 aromatic carbocycles. The Morgan fingerprint density at radius 2 is 1.74 bits per heavy atom. The number of fused-ring (bicyclic) bond motifs is 4. The number of ether oxygens (including phenoxy) is 1. The van der Waals surface area contributed by atoms with Crippen LogP contribution in [-0.4, -0.2) is 62.3 Å². The summed E-state index contributed by atoms with van der Waals surface area (Å²) in [5.41, 5.74) is 6.16. The molecule has 4 aromatic heterocycles. The molecule has 0 unspecified atom stereocenters. The third kappa shape index (κ3) is 4.39. The van der Waals surface area contributed by atoms with Crippen molar-refractivity contribution >= 4 is 23.1 Å². The van der Waals surface area contributed by atoms with Crippen molar-refractivity contribution in [2.24, 2.45) is 5.92 Å². The van der Waals surface area contributed by atoms with E-state index in [2.05, 4.69) is 27.3 Å². The second kappa shape index (κ2) is 9.94. The molecule has 0 saturated carbocycles. The highest BCUT2D eigenvalue weighted by atomic mass is 35.5. The molecule has 1 atom stereocenters. The number of methoxy groups -OCH3 is 1. The van der Waals surface area contributed by atoms with Crippen molar-refractivity contribution in [3.05, 3.63) is 78.3 Å². The van der Waals surface area contributed by atoms with Crippen molar-refractivity contribution in [3.8, 4) is 39.4 Å². The minimum absolute atomic E-state index is 0.464. The van der Waals surface area contributed by atoms with E-state index in [1.807, 2.05) is 53.3 Å². The number of aromatic nitrogens is 5. The fourth-order valence-electron chi connectivity index (χ4n) is 5.91. The fourth-order valence-corrected chi connectivity index (χ4v) is 6.10. The SMILES string of the molecule is COc1cc(-c2c(-c3ccncc3)nn3c(-c4ccc(N[C@H]5CN6CCC5CC6)nc4)ccnc23)ccc1Cl. The van der Waals surface area contributed by atoms with Gasteiger partial charge in [0.25, 0.3) is 0 Å². The van der Waals surface area contributed by atoms with Gasteiger partial charge in [-0.3, -0.25) is 4.98 Å². The predicted octanol–water partition coefficient (Wildman–Crippen LogP) is 5.69. The molecular weight excluding hydrogens is 510 g/mol. The zero-order chi connectivity index (χ0) is 26.3. The molecule has 5 aromatic rings. The Balaban J connectivity index is 1.30. The van der Waals surface area contributed by atoms with Crippen LogP contribution in [-0.2, 0) is 0 Å². The van der Waals surface area contributed by atoms with Crippen molar-refractivity contribution < 1.29 is 4.74 Å². The van der Waals surface area contributed by atoms with Gasteiger partial charge in [0, 0.05) is 48.5 Å². The van der Waals surface area contributed by atoms with E-state index in [9.17, 15) is 0 Å². The number of rotatable bonds is 6. The number of hydrogen-bond acceptors (Lipinski definition) is 7. The van der Waals surface area contributed by atoms with E-state index in [1.54, 1.807) is 19.5 Å². The molecule has 3 aliphatic rings. The zero-order valence-electron chi connectivity index (χ0n) is 21.6. The lowest BCUT2D eigenvalue weighted by Crippen LogP contribution is -2.53. The van der Waals surface area contributed by atoms with Crippen molar-refractivity contribution in [1.82, 2.24) is 29.5 Å². The molecule has 0 spiro atoms. The van der Waals surface area contributed by atoms with Crippen molar-refractivity contribution in [3.63, 3.8) is 0 Å². The molecular formula is C30H28ClN7O. The van der Waals surface area contributed by atoms with Gasteiger partial charge in [-0.1, -0.05) is 17.7 Å². The predicted molar refractivity (Wildman–Crippen MR) is 153 cm³/mol. The first kappa shape index (κ1) is 24.1. The summed E-state index contributed by atoms with van der Waals surface area (Å²) in [7, 11) is 1.61. The summed E-state index contributed by atoms with van der Waals surface area (Å²) in [6.07, 6.45) is 9.81. The van der Waals surface area contributed by atoms with Gasteiger partial charge >= 0.3 is 0 Å². The number of benzene rings is 1. The summed E-state index contributed by atoms with van der Waals surface area (Å²) in [4.78, 5) is 16.3. The summed E-state index contributed by atoms with van der Waals surface area (Å²) < 4.78 is 7.40. The van der Waals surface area contributed by atoms with Crippen LogP contribution in [0.1, 0.15) is 12.8 Å². The van der Waals surface area contributed by atoms with Gasteiger partial charge in [-0.05, 0) is 79.9 Å². The van der Waals surface area contributed by atoms with Crippen LogP contribution in [0.3, 0.4) is 0 Å². The Bertz CT molecular complexity index is 1630. The largest absolute Gasteiger partial charge is 0.495 e. The lowest BCUT2D eigenvalue weighted by Gasteiger charge is -2.45. The molecule has 9 heteroatoms. The van der Waals surface area contributed by atoms with Gasteiger partial charge in [-0.2, -0.15) is 5.10 Å². The molecule has 3 fully saturated rings. The van der Waals surface area contributed by atoms with Gasteiger partial charge in [0.15, 0.2) is 5.65 Å². The van der Waals surface area contributed by atoms with Crippen LogP contribution in [0.5, 0.6) is 5.75 Å². The van der Waals surface area contributed by atoms with Crippen LogP contribution in [0.25, 0.3) is 39.3 Å². The molecule has 196 valence electrons. The normalized spacial score (nSPS) is 20.3. The van der Waals surface area contributed by atoms with E-state index >= 15 is 0 Å². The maximum atomic E-state index is 6.35. The first-order chi connectivity index (χ1) is 19.2. The Morgan fingerprint density at radius 3 is 2.46 bits per heavy atom.